The summed E-state index contributed by atoms with van der Waals surface area (Å²) >= 11 is 9.37. The average molecular weight is 624 g/mol. The first-order valence-electron chi connectivity index (χ1n) is 11.3. The highest BCUT2D eigenvalue weighted by molar-refractivity contribution is 9.10. The molecule has 1 saturated heterocycles. The Kier molecular flexibility index (Phi) is 8.22. The number of carboxylic acid groups (broad SMARTS) is 2. The molecule has 7 nitrogen and oxygen atoms in total. The first-order chi connectivity index (χ1) is 17.4. The molecule has 13 heteroatoms. The Morgan fingerprint density at radius 3 is 2.26 bits per heavy atom. The van der Waals surface area contributed by atoms with Crippen LogP contribution in [0.25, 0.3) is 0 Å². The fourth-order valence-corrected chi connectivity index (χ4v) is 5.69. The van der Waals surface area contributed by atoms with E-state index in [-0.39, 0.29) is 21.4 Å². The van der Waals surface area contributed by atoms with Crippen molar-refractivity contribution in [3.63, 3.8) is 0 Å². The highest BCUT2D eigenvalue weighted by Gasteiger charge is 2.66. The minimum atomic E-state index is -5.08. The average Bonchev–Trinajstić information content (AvgIpc) is 3.24. The number of benzene rings is 2. The second-order valence-electron chi connectivity index (χ2n) is 10.2. The number of nitrogens with one attached hydrogen (secondary N) is 2. The van der Waals surface area contributed by atoms with Crippen LogP contribution in [0.2, 0.25) is 5.02 Å². The molecule has 38 heavy (non-hydrogen) atoms. The Morgan fingerprint density at radius 1 is 1.13 bits per heavy atom. The lowest BCUT2D eigenvalue weighted by Crippen LogP contribution is -2.49. The van der Waals surface area contributed by atoms with Crippen LogP contribution in [0.15, 0.2) is 40.9 Å². The van der Waals surface area contributed by atoms with Gasteiger partial charge in [0.1, 0.15) is 17.3 Å². The number of amides is 1. The van der Waals surface area contributed by atoms with E-state index < -0.39 is 47.3 Å². The summed E-state index contributed by atoms with van der Waals surface area (Å²) in [6, 6.07) is 8.17. The second kappa shape index (κ2) is 10.5. The topological polar surface area (TPSA) is 116 Å². The van der Waals surface area contributed by atoms with Crippen LogP contribution in [0.4, 0.5) is 23.2 Å². The van der Waals surface area contributed by atoms with Crippen LogP contribution < -0.4 is 10.6 Å². The van der Waals surface area contributed by atoms with E-state index in [0.29, 0.717) is 22.7 Å². The highest BCUT2D eigenvalue weighted by Crippen LogP contribution is 2.57. The number of carbonyl (C=O) groups excluding carboxylic acids is 1. The highest BCUT2D eigenvalue weighted by atomic mass is 79.9. The molecule has 1 spiro atoms. The van der Waals surface area contributed by atoms with Gasteiger partial charge in [0, 0.05) is 22.7 Å². The zero-order chi connectivity index (χ0) is 28.8. The lowest BCUT2D eigenvalue weighted by molar-refractivity contribution is -0.192. The van der Waals surface area contributed by atoms with Gasteiger partial charge in [-0.25, -0.2) is 9.18 Å². The van der Waals surface area contributed by atoms with Gasteiger partial charge < -0.3 is 15.5 Å². The minimum Gasteiger partial charge on any atom is -0.480 e. The van der Waals surface area contributed by atoms with Gasteiger partial charge in [0.2, 0.25) is 5.91 Å². The van der Waals surface area contributed by atoms with Crippen LogP contribution in [0.1, 0.15) is 44.2 Å². The van der Waals surface area contributed by atoms with Gasteiger partial charge in [0.25, 0.3) is 0 Å². The molecular formula is C25H24BrClF4N2O5. The van der Waals surface area contributed by atoms with Crippen LogP contribution in [0.5, 0.6) is 0 Å². The molecule has 2 aliphatic heterocycles. The molecule has 4 N–H and O–H groups in total. The number of carboxylic acids is 2. The molecule has 1 amide bonds. The van der Waals surface area contributed by atoms with E-state index in [9.17, 15) is 27.9 Å². The van der Waals surface area contributed by atoms with Crippen molar-refractivity contribution in [2.45, 2.75) is 56.8 Å². The standard InChI is InChI=1S/C23H23BrClFN2O3.C2HF3O2/c1-22(2,3)10-16-23(13-8-7-11(25)9-15(13)27-21(23)31)17(19(28-16)20(29)30)12-5-4-6-14(24)18(12)26;3-2(4,5)1(6)7/h4-9,16-17,19,28H,10H2,1-3H3,(H,27,31)(H,29,30);(H,6,7). The molecule has 2 heterocycles. The largest absolute Gasteiger partial charge is 0.490 e. The molecule has 2 aromatic rings. The van der Waals surface area contributed by atoms with Crippen LogP contribution in [-0.4, -0.2) is 46.3 Å². The van der Waals surface area contributed by atoms with Crippen molar-refractivity contribution in [1.29, 1.82) is 0 Å². The Hall–Kier alpha value is -2.70. The van der Waals surface area contributed by atoms with Gasteiger partial charge in [0.15, 0.2) is 0 Å². The van der Waals surface area contributed by atoms with E-state index in [4.69, 9.17) is 21.5 Å². The van der Waals surface area contributed by atoms with E-state index in [1.807, 2.05) is 20.8 Å². The fourth-order valence-electron chi connectivity index (χ4n) is 5.14. The number of halogens is 6. The summed E-state index contributed by atoms with van der Waals surface area (Å²) in [5.74, 6) is -5.76. The quantitative estimate of drug-likeness (QED) is 0.326. The van der Waals surface area contributed by atoms with E-state index in [2.05, 4.69) is 26.6 Å². The van der Waals surface area contributed by atoms with Crippen molar-refractivity contribution in [3.05, 3.63) is 62.8 Å². The number of carbonyl (C=O) groups is 3. The number of hydrogen-bond acceptors (Lipinski definition) is 4. The summed E-state index contributed by atoms with van der Waals surface area (Å²) in [4.78, 5) is 34.9. The first-order valence-corrected chi connectivity index (χ1v) is 12.4. The molecular weight excluding hydrogens is 600 g/mol. The van der Waals surface area contributed by atoms with Crippen LogP contribution in [0, 0.1) is 11.2 Å². The zero-order valence-corrected chi connectivity index (χ0v) is 22.6. The third-order valence-electron chi connectivity index (χ3n) is 6.45. The molecule has 4 atom stereocenters. The maximum Gasteiger partial charge on any atom is 0.490 e. The monoisotopic (exact) mass is 622 g/mol. The third kappa shape index (κ3) is 5.52. The van der Waals surface area contributed by atoms with Crippen molar-refractivity contribution in [2.24, 2.45) is 5.41 Å². The van der Waals surface area contributed by atoms with E-state index in [1.165, 1.54) is 0 Å². The first kappa shape index (κ1) is 29.9. The summed E-state index contributed by atoms with van der Waals surface area (Å²) in [7, 11) is 0. The fraction of sp³-hybridized carbons (Fsp3) is 0.400. The van der Waals surface area contributed by atoms with Gasteiger partial charge in [-0.3, -0.25) is 14.9 Å². The van der Waals surface area contributed by atoms with Gasteiger partial charge in [-0.15, -0.1) is 0 Å². The van der Waals surface area contributed by atoms with Gasteiger partial charge >= 0.3 is 18.1 Å². The van der Waals surface area contributed by atoms with Gasteiger partial charge in [0.05, 0.1) is 4.47 Å². The molecule has 0 aliphatic carbocycles. The molecule has 2 aromatic carbocycles. The molecule has 206 valence electrons. The van der Waals surface area contributed by atoms with Crippen molar-refractivity contribution < 1.29 is 42.2 Å². The molecule has 0 bridgehead atoms. The van der Waals surface area contributed by atoms with E-state index >= 15 is 4.39 Å². The van der Waals surface area contributed by atoms with Gasteiger partial charge in [-0.05, 0) is 57.1 Å². The van der Waals surface area contributed by atoms with Crippen LogP contribution >= 0.6 is 27.5 Å². The molecule has 0 radical (unpaired) electrons. The zero-order valence-electron chi connectivity index (χ0n) is 20.3. The second-order valence-corrected chi connectivity index (χ2v) is 11.5. The maximum absolute atomic E-state index is 15.3. The van der Waals surface area contributed by atoms with Crippen molar-refractivity contribution >= 4 is 51.1 Å². The molecule has 4 unspecified atom stereocenters. The Morgan fingerprint density at radius 2 is 1.74 bits per heavy atom. The summed E-state index contributed by atoms with van der Waals surface area (Å²) in [5, 5.41) is 23.7. The van der Waals surface area contributed by atoms with E-state index in [0.717, 1.165) is 0 Å². The summed E-state index contributed by atoms with van der Waals surface area (Å²) in [6.07, 6.45) is -4.57. The van der Waals surface area contributed by atoms with E-state index in [1.54, 1.807) is 36.4 Å². The smallest absolute Gasteiger partial charge is 0.480 e. The molecule has 0 aromatic heterocycles. The molecule has 0 saturated carbocycles. The normalized spacial score (nSPS) is 24.4. The number of alkyl halides is 3. The van der Waals surface area contributed by atoms with Gasteiger partial charge in [-0.1, -0.05) is 50.6 Å². The molecule has 2 aliphatic rings. The van der Waals surface area contributed by atoms with Crippen molar-refractivity contribution in [3.8, 4) is 0 Å². The van der Waals surface area contributed by atoms with Crippen molar-refractivity contribution in [1.82, 2.24) is 5.32 Å². The van der Waals surface area contributed by atoms with Crippen molar-refractivity contribution in [2.75, 3.05) is 5.32 Å². The molecule has 1 fully saturated rings. The Bertz CT molecular complexity index is 1280. The maximum atomic E-state index is 15.3. The van der Waals surface area contributed by atoms with Crippen LogP contribution in [0.3, 0.4) is 0 Å². The predicted octanol–water partition coefficient (Wildman–Crippen LogP) is 5.71. The lowest BCUT2D eigenvalue weighted by Gasteiger charge is -2.37. The SMILES string of the molecule is CC(C)(C)CC1NC(C(=O)O)C(c2cccc(Br)c2F)C12C(=O)Nc1cc(Cl)ccc12.O=C(O)C(F)(F)F. The third-order valence-corrected chi connectivity index (χ3v) is 7.29. The summed E-state index contributed by atoms with van der Waals surface area (Å²) in [5.41, 5.74) is -0.170. The Labute approximate surface area is 228 Å². The van der Waals surface area contributed by atoms with Gasteiger partial charge in [-0.2, -0.15) is 13.2 Å². The number of anilines is 1. The minimum absolute atomic E-state index is 0.184. The predicted molar refractivity (Wildman–Crippen MR) is 135 cm³/mol. The Balaban J connectivity index is 0.000000505. The van der Waals surface area contributed by atoms with Crippen LogP contribution in [-0.2, 0) is 19.8 Å². The summed E-state index contributed by atoms with van der Waals surface area (Å²) in [6.45, 7) is 6.09. The summed E-state index contributed by atoms with van der Waals surface area (Å²) < 4.78 is 47.3. The number of aliphatic carboxylic acids is 2. The molecule has 4 rings (SSSR count). The number of fused-ring (bicyclic) bond motifs is 2. The number of hydrogen-bond donors (Lipinski definition) is 4. The number of rotatable bonds is 3. The lowest BCUT2D eigenvalue weighted by atomic mass is 9.62.